The van der Waals surface area contributed by atoms with Crippen molar-refractivity contribution >= 4 is 27.5 Å². The van der Waals surface area contributed by atoms with E-state index >= 15 is 0 Å². The molecule has 3 rings (SSSR count). The first kappa shape index (κ1) is 19.7. The predicted molar refractivity (Wildman–Crippen MR) is 103 cm³/mol. The van der Waals surface area contributed by atoms with E-state index in [0.29, 0.717) is 30.2 Å². The first-order valence-electron chi connectivity index (χ1n) is 8.60. The molecular weight excluding hydrogens is 388 g/mol. The molecule has 1 heterocycles. The van der Waals surface area contributed by atoms with Crippen LogP contribution in [0.2, 0.25) is 5.02 Å². The summed E-state index contributed by atoms with van der Waals surface area (Å²) < 4.78 is 32.4. The average Bonchev–Trinajstić information content (AvgIpc) is 3.17. The minimum Gasteiger partial charge on any atom is -0.496 e. The largest absolute Gasteiger partial charge is 0.496 e. The van der Waals surface area contributed by atoms with Crippen LogP contribution in [0, 0.1) is 0 Å². The van der Waals surface area contributed by atoms with Crippen LogP contribution < -0.4 is 10.1 Å². The lowest BCUT2D eigenvalue weighted by Crippen LogP contribution is -2.45. The Morgan fingerprint density at radius 2 is 1.93 bits per heavy atom. The number of rotatable bonds is 6. The van der Waals surface area contributed by atoms with Crippen molar-refractivity contribution in [3.63, 3.8) is 0 Å². The van der Waals surface area contributed by atoms with E-state index in [0.717, 1.165) is 5.56 Å². The Bertz CT molecular complexity index is 916. The zero-order valence-corrected chi connectivity index (χ0v) is 16.5. The van der Waals surface area contributed by atoms with Crippen molar-refractivity contribution in [1.82, 2.24) is 9.62 Å². The van der Waals surface area contributed by atoms with E-state index in [2.05, 4.69) is 5.32 Å². The lowest BCUT2D eigenvalue weighted by Gasteiger charge is -2.23. The van der Waals surface area contributed by atoms with Crippen LogP contribution in [0.15, 0.2) is 53.4 Å². The quantitative estimate of drug-likeness (QED) is 0.797. The minimum absolute atomic E-state index is 0.135. The van der Waals surface area contributed by atoms with Crippen molar-refractivity contribution in [2.75, 3.05) is 13.7 Å². The molecule has 0 aromatic heterocycles. The first-order chi connectivity index (χ1) is 12.9. The van der Waals surface area contributed by atoms with Crippen LogP contribution in [0.1, 0.15) is 18.4 Å². The predicted octanol–water partition coefficient (Wildman–Crippen LogP) is 2.82. The fraction of sp³-hybridized carbons (Fsp3) is 0.316. The van der Waals surface area contributed by atoms with Gasteiger partial charge in [-0.3, -0.25) is 4.79 Å². The first-order valence-corrected chi connectivity index (χ1v) is 10.4. The van der Waals surface area contributed by atoms with E-state index in [4.69, 9.17) is 16.3 Å². The molecule has 1 aliphatic rings. The third-order valence-corrected chi connectivity index (χ3v) is 6.75. The number of halogens is 1. The normalized spacial score (nSPS) is 17.6. The van der Waals surface area contributed by atoms with Crippen LogP contribution in [0.3, 0.4) is 0 Å². The molecule has 0 bridgehead atoms. The van der Waals surface area contributed by atoms with E-state index < -0.39 is 16.1 Å². The molecule has 0 saturated carbocycles. The number of nitrogens with one attached hydrogen (secondary N) is 1. The molecule has 1 saturated heterocycles. The number of sulfonamides is 1. The van der Waals surface area contributed by atoms with Gasteiger partial charge in [0.05, 0.1) is 12.0 Å². The molecule has 1 amide bonds. The summed E-state index contributed by atoms with van der Waals surface area (Å²) in [6.07, 6.45) is 1.13. The third kappa shape index (κ3) is 4.26. The molecular formula is C19H21ClN2O4S. The number of para-hydroxylation sites is 1. The summed E-state index contributed by atoms with van der Waals surface area (Å²) in [5.41, 5.74) is 0.832. The van der Waals surface area contributed by atoms with E-state index in [9.17, 15) is 13.2 Å². The van der Waals surface area contributed by atoms with E-state index in [1.807, 2.05) is 24.3 Å². The van der Waals surface area contributed by atoms with Crippen molar-refractivity contribution in [2.24, 2.45) is 0 Å². The van der Waals surface area contributed by atoms with Gasteiger partial charge in [-0.05, 0) is 43.2 Å². The van der Waals surface area contributed by atoms with Gasteiger partial charge in [-0.2, -0.15) is 4.31 Å². The Balaban J connectivity index is 1.73. The molecule has 0 radical (unpaired) electrons. The lowest BCUT2D eigenvalue weighted by atomic mass is 10.2. The summed E-state index contributed by atoms with van der Waals surface area (Å²) in [6.45, 7) is 0.589. The van der Waals surface area contributed by atoms with E-state index in [1.165, 1.54) is 28.6 Å². The number of ether oxygens (including phenoxy) is 1. The zero-order valence-electron chi connectivity index (χ0n) is 14.9. The van der Waals surface area contributed by atoms with Crippen LogP contribution in [0.25, 0.3) is 0 Å². The third-order valence-electron chi connectivity index (χ3n) is 4.57. The summed E-state index contributed by atoms with van der Waals surface area (Å²) in [5, 5.41) is 3.29. The molecule has 144 valence electrons. The second-order valence-corrected chi connectivity index (χ2v) is 8.58. The number of methoxy groups -OCH3 is 1. The van der Waals surface area contributed by atoms with Crippen molar-refractivity contribution in [1.29, 1.82) is 0 Å². The van der Waals surface area contributed by atoms with Gasteiger partial charge in [0.15, 0.2) is 0 Å². The molecule has 1 fully saturated rings. The second kappa shape index (κ2) is 8.29. The molecule has 2 aromatic rings. The maximum Gasteiger partial charge on any atom is 0.243 e. The van der Waals surface area contributed by atoms with Gasteiger partial charge < -0.3 is 10.1 Å². The number of hydrogen-bond donors (Lipinski definition) is 1. The summed E-state index contributed by atoms with van der Waals surface area (Å²) in [4.78, 5) is 12.8. The number of carbonyl (C=O) groups is 1. The SMILES string of the molecule is COc1ccccc1CNC(=O)[C@H]1CCCN1S(=O)(=O)c1ccc(Cl)cc1. The van der Waals surface area contributed by atoms with Crippen LogP contribution in [0.4, 0.5) is 0 Å². The number of hydrogen-bond acceptors (Lipinski definition) is 4. The van der Waals surface area contributed by atoms with Gasteiger partial charge >= 0.3 is 0 Å². The summed E-state index contributed by atoms with van der Waals surface area (Å²) in [6, 6.07) is 12.6. The molecule has 1 atom stereocenters. The Morgan fingerprint density at radius 3 is 2.63 bits per heavy atom. The van der Waals surface area contributed by atoms with Crippen molar-refractivity contribution in [3.05, 3.63) is 59.1 Å². The van der Waals surface area contributed by atoms with Crippen LogP contribution in [-0.2, 0) is 21.4 Å². The number of nitrogens with zero attached hydrogens (tertiary/aromatic N) is 1. The molecule has 8 heteroatoms. The smallest absolute Gasteiger partial charge is 0.243 e. The van der Waals surface area contributed by atoms with Crippen LogP contribution in [0.5, 0.6) is 5.75 Å². The molecule has 1 aliphatic heterocycles. The van der Waals surface area contributed by atoms with Gasteiger partial charge in [0.2, 0.25) is 15.9 Å². The molecule has 1 N–H and O–H groups in total. The monoisotopic (exact) mass is 408 g/mol. The van der Waals surface area contributed by atoms with Crippen LogP contribution >= 0.6 is 11.6 Å². The minimum atomic E-state index is -3.76. The van der Waals surface area contributed by atoms with E-state index in [1.54, 1.807) is 7.11 Å². The van der Waals surface area contributed by atoms with Crippen LogP contribution in [-0.4, -0.2) is 38.3 Å². The molecule has 0 aliphatic carbocycles. The molecule has 27 heavy (non-hydrogen) atoms. The fourth-order valence-electron chi connectivity index (χ4n) is 3.18. The van der Waals surface area contributed by atoms with Crippen molar-refractivity contribution < 1.29 is 17.9 Å². The van der Waals surface area contributed by atoms with Crippen molar-refractivity contribution in [2.45, 2.75) is 30.3 Å². The molecule has 2 aromatic carbocycles. The molecule has 6 nitrogen and oxygen atoms in total. The van der Waals surface area contributed by atoms with Gasteiger partial charge in [0.25, 0.3) is 0 Å². The number of carbonyl (C=O) groups excluding carboxylic acids is 1. The summed E-state index contributed by atoms with van der Waals surface area (Å²) >= 11 is 5.84. The number of amides is 1. The summed E-state index contributed by atoms with van der Waals surface area (Å²) in [5.74, 6) is 0.366. The highest BCUT2D eigenvalue weighted by molar-refractivity contribution is 7.89. The Kier molecular flexibility index (Phi) is 6.04. The summed E-state index contributed by atoms with van der Waals surface area (Å²) in [7, 11) is -2.19. The fourth-order valence-corrected chi connectivity index (χ4v) is 4.96. The lowest BCUT2D eigenvalue weighted by molar-refractivity contribution is -0.124. The Hall–Kier alpha value is -2.09. The second-order valence-electron chi connectivity index (χ2n) is 6.26. The standard InChI is InChI=1S/C19H21ClN2O4S/c1-26-18-7-3-2-5-14(18)13-21-19(23)17-6-4-12-22(17)27(24,25)16-10-8-15(20)9-11-16/h2-3,5,7-11,17H,4,6,12-13H2,1H3,(H,21,23)/t17-/m1/s1. The van der Waals surface area contributed by atoms with E-state index in [-0.39, 0.29) is 17.3 Å². The maximum absolute atomic E-state index is 12.9. The molecule has 0 spiro atoms. The van der Waals surface area contributed by atoms with Gasteiger partial charge in [-0.25, -0.2) is 8.42 Å². The Labute approximate surface area is 164 Å². The number of benzene rings is 2. The van der Waals surface area contributed by atoms with Gasteiger partial charge in [0, 0.05) is 23.7 Å². The highest BCUT2D eigenvalue weighted by Crippen LogP contribution is 2.27. The van der Waals surface area contributed by atoms with Crippen molar-refractivity contribution in [3.8, 4) is 5.75 Å². The van der Waals surface area contributed by atoms with Gasteiger partial charge in [0.1, 0.15) is 11.8 Å². The highest BCUT2D eigenvalue weighted by Gasteiger charge is 2.39. The topological polar surface area (TPSA) is 75.7 Å². The maximum atomic E-state index is 12.9. The highest BCUT2D eigenvalue weighted by atomic mass is 35.5. The Morgan fingerprint density at radius 1 is 1.22 bits per heavy atom. The van der Waals surface area contributed by atoms with Gasteiger partial charge in [-0.1, -0.05) is 29.8 Å². The molecule has 0 unspecified atom stereocenters. The van der Waals surface area contributed by atoms with Gasteiger partial charge in [-0.15, -0.1) is 0 Å². The average molecular weight is 409 g/mol. The zero-order chi connectivity index (χ0) is 19.4.